The van der Waals surface area contributed by atoms with Crippen LogP contribution in [-0.2, 0) is 28.9 Å². The molecular formula is C26H30F4N2O7. The number of carbonyl (C=O) groups excluding carboxylic acids is 1. The van der Waals surface area contributed by atoms with Crippen LogP contribution in [0.25, 0.3) is 0 Å². The predicted octanol–water partition coefficient (Wildman–Crippen LogP) is 6.71. The molecule has 0 unspecified atom stereocenters. The molecule has 0 fully saturated rings. The highest BCUT2D eigenvalue weighted by Gasteiger charge is 2.34. The molecular weight excluding hydrogens is 528 g/mol. The number of carboxylic acid groups (broad SMARTS) is 1. The van der Waals surface area contributed by atoms with Gasteiger partial charge in [0.2, 0.25) is 0 Å². The lowest BCUT2D eigenvalue weighted by Crippen LogP contribution is -2.37. The van der Waals surface area contributed by atoms with Gasteiger partial charge in [0.05, 0.1) is 17.0 Å². The maximum absolute atomic E-state index is 13.6. The summed E-state index contributed by atoms with van der Waals surface area (Å²) in [5.74, 6) is -2.31. The Labute approximate surface area is 222 Å². The second kappa shape index (κ2) is 13.3. The maximum atomic E-state index is 13.6. The highest BCUT2D eigenvalue weighted by molar-refractivity contribution is 5.68. The third-order valence-electron chi connectivity index (χ3n) is 5.32. The van der Waals surface area contributed by atoms with E-state index < -0.39 is 46.8 Å². The third kappa shape index (κ3) is 10.4. The first kappa shape index (κ1) is 31.3. The number of nitrogens with zero attached hydrogens (tertiary/aromatic N) is 2. The number of benzene rings is 2. The molecule has 13 heteroatoms. The van der Waals surface area contributed by atoms with E-state index in [0.717, 1.165) is 12.1 Å². The molecule has 1 N–H and O–H groups in total. The summed E-state index contributed by atoms with van der Waals surface area (Å²) in [5.41, 5.74) is -2.40. The van der Waals surface area contributed by atoms with Gasteiger partial charge in [-0.3, -0.25) is 14.9 Å². The van der Waals surface area contributed by atoms with Gasteiger partial charge in [-0.25, -0.2) is 9.18 Å². The number of rotatable bonds is 12. The Balaban J connectivity index is 2.30. The van der Waals surface area contributed by atoms with Gasteiger partial charge in [0.1, 0.15) is 23.8 Å². The number of halogens is 4. The Kier molecular flexibility index (Phi) is 10.6. The summed E-state index contributed by atoms with van der Waals surface area (Å²) in [4.78, 5) is 35.7. The summed E-state index contributed by atoms with van der Waals surface area (Å²) < 4.78 is 64.0. The molecule has 0 aliphatic rings. The molecule has 2 aromatic rings. The van der Waals surface area contributed by atoms with Crippen LogP contribution in [0.5, 0.6) is 5.75 Å². The number of non-ortho nitro benzene ring substituents is 1. The molecule has 9 nitrogen and oxygen atoms in total. The number of alkyl halides is 3. The minimum absolute atomic E-state index is 0.00968. The minimum Gasteiger partial charge on any atom is -0.489 e. The molecule has 2 rings (SSSR count). The number of carbonyl (C=O) groups is 2. The summed E-state index contributed by atoms with van der Waals surface area (Å²) in [6.45, 7) is 4.53. The first-order chi connectivity index (χ1) is 18.1. The normalized spacial score (nSPS) is 11.7. The van der Waals surface area contributed by atoms with Gasteiger partial charge in [-0.05, 0) is 57.4 Å². The number of nitro groups is 1. The average Bonchev–Trinajstić information content (AvgIpc) is 2.80. The molecule has 0 saturated heterocycles. The van der Waals surface area contributed by atoms with Crippen LogP contribution in [0.2, 0.25) is 0 Å². The molecule has 0 bridgehead atoms. The molecule has 0 heterocycles. The lowest BCUT2D eigenvalue weighted by Gasteiger charge is -2.28. The Hall–Kier alpha value is -3.90. The summed E-state index contributed by atoms with van der Waals surface area (Å²) in [6, 6.07) is 6.01. The zero-order chi connectivity index (χ0) is 29.4. The highest BCUT2D eigenvalue weighted by Crippen LogP contribution is 2.33. The molecule has 0 atom stereocenters. The van der Waals surface area contributed by atoms with Crippen LogP contribution in [0.15, 0.2) is 36.4 Å². The van der Waals surface area contributed by atoms with Crippen LogP contribution < -0.4 is 4.74 Å². The lowest BCUT2D eigenvalue weighted by atomic mass is 10.1. The number of ether oxygens (including phenoxy) is 2. The first-order valence-corrected chi connectivity index (χ1v) is 12.0. The van der Waals surface area contributed by atoms with Crippen LogP contribution in [0.3, 0.4) is 0 Å². The SMILES string of the molecule is CC(C)(C)OC(=O)N(CCCCCC(=O)O)Cc1cc([N+](=O)[O-])ccc1OCc1ccc(F)c(C(F)(F)F)c1. The molecule has 0 aromatic heterocycles. The summed E-state index contributed by atoms with van der Waals surface area (Å²) in [7, 11) is 0. The van der Waals surface area contributed by atoms with Gasteiger partial charge in [0.15, 0.2) is 0 Å². The molecule has 214 valence electrons. The highest BCUT2D eigenvalue weighted by atomic mass is 19.4. The molecule has 0 aliphatic heterocycles. The topological polar surface area (TPSA) is 119 Å². The summed E-state index contributed by atoms with van der Waals surface area (Å²) in [5, 5.41) is 20.2. The van der Waals surface area contributed by atoms with Crippen LogP contribution in [0.4, 0.5) is 28.0 Å². The number of hydrogen-bond donors (Lipinski definition) is 1. The maximum Gasteiger partial charge on any atom is 0.419 e. The van der Waals surface area contributed by atoms with Crippen LogP contribution >= 0.6 is 0 Å². The number of hydrogen-bond acceptors (Lipinski definition) is 6. The molecule has 0 saturated carbocycles. The van der Waals surface area contributed by atoms with E-state index in [2.05, 4.69) is 0 Å². The fourth-order valence-corrected chi connectivity index (χ4v) is 3.51. The molecule has 0 aliphatic carbocycles. The zero-order valence-electron chi connectivity index (χ0n) is 21.7. The standard InChI is InChI=1S/C26H30F4N2O7/c1-25(2,3)39-24(35)31(12-6-4-5-7-23(33)34)15-18-14-19(32(36)37)9-11-22(18)38-16-17-8-10-21(27)20(13-17)26(28,29)30/h8-11,13-14H,4-7,12,15-16H2,1-3H3,(H,33,34). The monoisotopic (exact) mass is 558 g/mol. The Morgan fingerprint density at radius 3 is 2.33 bits per heavy atom. The van der Waals surface area contributed by atoms with Gasteiger partial charge in [0.25, 0.3) is 5.69 Å². The number of nitro benzene ring substituents is 1. The van der Waals surface area contributed by atoms with E-state index in [9.17, 15) is 37.3 Å². The van der Waals surface area contributed by atoms with Crippen LogP contribution in [0.1, 0.15) is 63.1 Å². The smallest absolute Gasteiger partial charge is 0.419 e. The third-order valence-corrected chi connectivity index (χ3v) is 5.32. The minimum atomic E-state index is -4.91. The van der Waals surface area contributed by atoms with Crippen LogP contribution in [-0.4, -0.2) is 39.1 Å². The summed E-state index contributed by atoms with van der Waals surface area (Å²) >= 11 is 0. The van der Waals surface area contributed by atoms with Crippen molar-refractivity contribution < 1.29 is 46.7 Å². The fourth-order valence-electron chi connectivity index (χ4n) is 3.51. The van der Waals surface area contributed by atoms with Gasteiger partial charge in [-0.15, -0.1) is 0 Å². The van der Waals surface area contributed by atoms with Crippen molar-refractivity contribution in [3.05, 3.63) is 69.0 Å². The number of amides is 1. The van der Waals surface area contributed by atoms with E-state index in [1.165, 1.54) is 17.0 Å². The zero-order valence-corrected chi connectivity index (χ0v) is 21.7. The van der Waals surface area contributed by atoms with E-state index in [1.807, 2.05) is 0 Å². The second-order valence-electron chi connectivity index (χ2n) is 9.76. The Bertz CT molecular complexity index is 1180. The van der Waals surface area contributed by atoms with Gasteiger partial charge in [-0.1, -0.05) is 12.5 Å². The van der Waals surface area contributed by atoms with Crippen molar-refractivity contribution in [2.75, 3.05) is 6.54 Å². The van der Waals surface area contributed by atoms with Crippen molar-refractivity contribution in [2.45, 2.75) is 71.4 Å². The molecule has 1 amide bonds. The fraction of sp³-hybridized carbons (Fsp3) is 0.462. The second-order valence-corrected chi connectivity index (χ2v) is 9.76. The van der Waals surface area contributed by atoms with E-state index in [-0.39, 0.29) is 42.1 Å². The van der Waals surface area contributed by atoms with E-state index >= 15 is 0 Å². The van der Waals surface area contributed by atoms with E-state index in [1.54, 1.807) is 20.8 Å². The molecule has 0 spiro atoms. The molecule has 39 heavy (non-hydrogen) atoms. The lowest BCUT2D eigenvalue weighted by molar-refractivity contribution is -0.385. The number of carboxylic acids is 1. The van der Waals surface area contributed by atoms with Gasteiger partial charge >= 0.3 is 18.2 Å². The van der Waals surface area contributed by atoms with Gasteiger partial charge in [0, 0.05) is 30.7 Å². The van der Waals surface area contributed by atoms with Crippen molar-refractivity contribution in [3.8, 4) is 5.75 Å². The molecule has 2 aromatic carbocycles. The Morgan fingerprint density at radius 1 is 1.05 bits per heavy atom. The van der Waals surface area contributed by atoms with Crippen molar-refractivity contribution >= 4 is 17.7 Å². The quantitative estimate of drug-likeness (QED) is 0.133. The van der Waals surface area contributed by atoms with Crippen molar-refractivity contribution in [1.29, 1.82) is 0 Å². The van der Waals surface area contributed by atoms with E-state index in [0.29, 0.717) is 31.4 Å². The predicted molar refractivity (Wildman–Crippen MR) is 132 cm³/mol. The Morgan fingerprint density at radius 2 is 1.74 bits per heavy atom. The first-order valence-electron chi connectivity index (χ1n) is 12.0. The largest absolute Gasteiger partial charge is 0.489 e. The van der Waals surface area contributed by atoms with Gasteiger partial charge < -0.3 is 19.5 Å². The van der Waals surface area contributed by atoms with Crippen molar-refractivity contribution in [3.63, 3.8) is 0 Å². The van der Waals surface area contributed by atoms with Crippen molar-refractivity contribution in [2.24, 2.45) is 0 Å². The van der Waals surface area contributed by atoms with Crippen LogP contribution in [0, 0.1) is 15.9 Å². The van der Waals surface area contributed by atoms with Crippen molar-refractivity contribution in [1.82, 2.24) is 4.90 Å². The van der Waals surface area contributed by atoms with E-state index in [4.69, 9.17) is 14.6 Å². The number of unbranched alkanes of at least 4 members (excludes halogenated alkanes) is 2. The van der Waals surface area contributed by atoms with Gasteiger partial charge in [-0.2, -0.15) is 13.2 Å². The number of aliphatic carboxylic acids is 1. The average molecular weight is 559 g/mol. The summed E-state index contributed by atoms with van der Waals surface area (Å²) in [6.07, 6.45) is -4.35. The molecule has 0 radical (unpaired) electrons.